The molecule has 0 bridgehead atoms. The fourth-order valence-corrected chi connectivity index (χ4v) is 3.42. The van der Waals surface area contributed by atoms with Crippen LogP contribution in [0.3, 0.4) is 0 Å². The highest BCUT2D eigenvalue weighted by Crippen LogP contribution is 2.37. The molecule has 5 nitrogen and oxygen atoms in total. The van der Waals surface area contributed by atoms with Gasteiger partial charge in [0.05, 0.1) is 24.2 Å². The second-order valence-corrected chi connectivity index (χ2v) is 6.43. The Bertz CT molecular complexity index is 1100. The van der Waals surface area contributed by atoms with Crippen molar-refractivity contribution in [1.82, 2.24) is 15.0 Å². The van der Waals surface area contributed by atoms with Crippen LogP contribution in [0.4, 0.5) is 5.69 Å². The minimum atomic E-state index is -0.241. The molecular formula is C21H17ClN4O. The highest BCUT2D eigenvalue weighted by Gasteiger charge is 2.24. The van der Waals surface area contributed by atoms with Crippen LogP contribution < -0.4 is 10.5 Å². The number of ether oxygens (including phenoxy) is 1. The first-order chi connectivity index (χ1) is 13.2. The zero-order valence-corrected chi connectivity index (χ0v) is 15.4. The molecule has 0 fully saturated rings. The number of rotatable bonds is 4. The van der Waals surface area contributed by atoms with Crippen LogP contribution in [-0.2, 0) is 0 Å². The van der Waals surface area contributed by atoms with E-state index >= 15 is 0 Å². The third-order valence-electron chi connectivity index (χ3n) is 4.49. The normalized spacial score (nSPS) is 12.1. The van der Waals surface area contributed by atoms with Gasteiger partial charge in [-0.15, -0.1) is 0 Å². The van der Waals surface area contributed by atoms with Crippen molar-refractivity contribution in [2.75, 3.05) is 12.8 Å². The molecule has 2 heterocycles. The molecule has 0 amide bonds. The van der Waals surface area contributed by atoms with E-state index in [0.29, 0.717) is 11.6 Å². The smallest absolute Gasteiger partial charge is 0.223 e. The molecule has 4 aromatic rings. The lowest BCUT2D eigenvalue weighted by molar-refractivity contribution is 0.397. The predicted octanol–water partition coefficient (Wildman–Crippen LogP) is 4.45. The van der Waals surface area contributed by atoms with E-state index in [9.17, 15) is 0 Å². The van der Waals surface area contributed by atoms with Crippen molar-refractivity contribution in [2.24, 2.45) is 0 Å². The van der Waals surface area contributed by atoms with Crippen LogP contribution in [0, 0.1) is 0 Å². The second kappa shape index (κ2) is 7.21. The molecule has 0 spiro atoms. The van der Waals surface area contributed by atoms with Crippen molar-refractivity contribution in [1.29, 1.82) is 0 Å². The van der Waals surface area contributed by atoms with Gasteiger partial charge in [-0.3, -0.25) is 0 Å². The van der Waals surface area contributed by atoms with E-state index in [1.54, 1.807) is 13.3 Å². The Balaban J connectivity index is 2.00. The summed E-state index contributed by atoms with van der Waals surface area (Å²) in [5.74, 6) is 0.305. The zero-order valence-electron chi connectivity index (χ0n) is 14.6. The number of hydrogen-bond acceptors (Lipinski definition) is 5. The highest BCUT2D eigenvalue weighted by molar-refractivity contribution is 6.28. The van der Waals surface area contributed by atoms with Crippen LogP contribution in [0.1, 0.15) is 22.7 Å². The number of para-hydroxylation sites is 2. The molecule has 0 aliphatic carbocycles. The summed E-state index contributed by atoms with van der Waals surface area (Å²) in [7, 11) is 1.59. The number of methoxy groups -OCH3 is 1. The minimum Gasteiger partial charge on any atom is -0.481 e. The summed E-state index contributed by atoms with van der Waals surface area (Å²) < 4.78 is 5.19. The summed E-state index contributed by atoms with van der Waals surface area (Å²) in [6.07, 6.45) is 1.78. The quantitative estimate of drug-likeness (QED) is 0.420. The topological polar surface area (TPSA) is 73.9 Å². The zero-order chi connectivity index (χ0) is 18.8. The van der Waals surface area contributed by atoms with Crippen molar-refractivity contribution in [3.63, 3.8) is 0 Å². The molecule has 1 unspecified atom stereocenters. The Morgan fingerprint density at radius 1 is 0.963 bits per heavy atom. The maximum absolute atomic E-state index is 6.31. The summed E-state index contributed by atoms with van der Waals surface area (Å²) in [6.45, 7) is 0. The average molecular weight is 377 g/mol. The van der Waals surface area contributed by atoms with Gasteiger partial charge in [-0.25, -0.2) is 15.0 Å². The van der Waals surface area contributed by atoms with E-state index in [2.05, 4.69) is 15.0 Å². The fourth-order valence-electron chi connectivity index (χ4n) is 3.23. The minimum absolute atomic E-state index is 0.199. The van der Waals surface area contributed by atoms with Crippen LogP contribution >= 0.6 is 11.6 Å². The second-order valence-electron chi connectivity index (χ2n) is 6.09. The largest absolute Gasteiger partial charge is 0.481 e. The molecule has 2 aromatic carbocycles. The third kappa shape index (κ3) is 3.29. The number of halogens is 1. The molecule has 0 saturated heterocycles. The molecule has 134 valence electrons. The van der Waals surface area contributed by atoms with Crippen LogP contribution in [0.2, 0.25) is 5.28 Å². The van der Waals surface area contributed by atoms with E-state index in [1.807, 2.05) is 60.7 Å². The van der Waals surface area contributed by atoms with E-state index in [1.165, 1.54) is 0 Å². The standard InChI is InChI=1S/C21H17ClN4O/c1-27-18-11-10-13(12-24-18)19(14-6-2-4-8-16(14)23)20-15-7-3-5-9-17(15)25-21(22)26-20/h2-12,19H,23H2,1H3. The number of aromatic nitrogens is 3. The van der Waals surface area contributed by atoms with Crippen molar-refractivity contribution >= 4 is 28.2 Å². The number of pyridine rings is 1. The van der Waals surface area contributed by atoms with Gasteiger partial charge >= 0.3 is 0 Å². The lowest BCUT2D eigenvalue weighted by Gasteiger charge is -2.21. The van der Waals surface area contributed by atoms with Crippen molar-refractivity contribution in [2.45, 2.75) is 5.92 Å². The molecule has 0 radical (unpaired) electrons. The third-order valence-corrected chi connectivity index (χ3v) is 4.66. The molecule has 4 rings (SSSR count). The summed E-state index contributed by atoms with van der Waals surface area (Å²) in [6, 6.07) is 19.3. The van der Waals surface area contributed by atoms with Gasteiger partial charge in [-0.1, -0.05) is 42.5 Å². The molecule has 0 aliphatic rings. The SMILES string of the molecule is COc1ccc(C(c2ccccc2N)c2nc(Cl)nc3ccccc23)cn1. The summed E-state index contributed by atoms with van der Waals surface area (Å²) in [5.41, 5.74) is 10.4. The molecule has 0 aliphatic heterocycles. The first-order valence-electron chi connectivity index (χ1n) is 8.44. The van der Waals surface area contributed by atoms with Gasteiger partial charge < -0.3 is 10.5 Å². The first kappa shape index (κ1) is 17.2. The highest BCUT2D eigenvalue weighted by atomic mass is 35.5. The van der Waals surface area contributed by atoms with Gasteiger partial charge in [-0.2, -0.15) is 0 Å². The molecule has 6 heteroatoms. The van der Waals surface area contributed by atoms with Crippen molar-refractivity contribution < 1.29 is 4.74 Å². The van der Waals surface area contributed by atoms with Crippen LogP contribution in [0.15, 0.2) is 66.9 Å². The molecule has 0 saturated carbocycles. The Labute approximate surface area is 161 Å². The Hall–Kier alpha value is -3.18. The molecule has 2 N–H and O–H groups in total. The Morgan fingerprint density at radius 3 is 2.48 bits per heavy atom. The Kier molecular flexibility index (Phi) is 4.60. The van der Waals surface area contributed by atoms with Crippen LogP contribution in [-0.4, -0.2) is 22.1 Å². The number of hydrogen-bond donors (Lipinski definition) is 1. The number of anilines is 1. The van der Waals surface area contributed by atoms with Crippen LogP contribution in [0.25, 0.3) is 10.9 Å². The maximum atomic E-state index is 6.31. The fraction of sp³-hybridized carbons (Fsp3) is 0.0952. The van der Waals surface area contributed by atoms with Gasteiger partial charge in [0.2, 0.25) is 11.2 Å². The predicted molar refractivity (Wildman–Crippen MR) is 107 cm³/mol. The molecular weight excluding hydrogens is 360 g/mol. The van der Waals surface area contributed by atoms with E-state index in [0.717, 1.165) is 27.7 Å². The lowest BCUT2D eigenvalue weighted by atomic mass is 9.86. The number of nitrogens with two attached hydrogens (primary N) is 1. The summed E-state index contributed by atoms with van der Waals surface area (Å²) in [4.78, 5) is 13.3. The first-order valence-corrected chi connectivity index (χ1v) is 8.81. The van der Waals surface area contributed by atoms with Gasteiger partial charge in [-0.05, 0) is 34.9 Å². The van der Waals surface area contributed by atoms with Crippen molar-refractivity contribution in [3.05, 3.63) is 89.0 Å². The lowest BCUT2D eigenvalue weighted by Crippen LogP contribution is -2.10. The van der Waals surface area contributed by atoms with Crippen LogP contribution in [0.5, 0.6) is 5.88 Å². The van der Waals surface area contributed by atoms with Gasteiger partial charge in [0, 0.05) is 23.3 Å². The van der Waals surface area contributed by atoms with E-state index in [-0.39, 0.29) is 11.2 Å². The number of nitrogens with zero attached hydrogens (tertiary/aromatic N) is 3. The maximum Gasteiger partial charge on any atom is 0.223 e. The van der Waals surface area contributed by atoms with Crippen molar-refractivity contribution in [3.8, 4) is 5.88 Å². The summed E-state index contributed by atoms with van der Waals surface area (Å²) in [5, 5.41) is 1.12. The average Bonchev–Trinajstić information content (AvgIpc) is 2.70. The van der Waals surface area contributed by atoms with E-state index < -0.39 is 0 Å². The Morgan fingerprint density at radius 2 is 1.74 bits per heavy atom. The summed E-state index contributed by atoms with van der Waals surface area (Å²) >= 11 is 6.24. The molecule has 2 aromatic heterocycles. The van der Waals surface area contributed by atoms with Gasteiger partial charge in [0.25, 0.3) is 0 Å². The van der Waals surface area contributed by atoms with Gasteiger partial charge in [0.15, 0.2) is 0 Å². The van der Waals surface area contributed by atoms with Gasteiger partial charge in [0.1, 0.15) is 0 Å². The monoisotopic (exact) mass is 376 g/mol. The molecule has 1 atom stereocenters. The molecule has 27 heavy (non-hydrogen) atoms. The number of nitrogen functional groups attached to an aromatic ring is 1. The number of fused-ring (bicyclic) bond motifs is 1. The van der Waals surface area contributed by atoms with E-state index in [4.69, 9.17) is 22.1 Å². The number of benzene rings is 2.